The maximum Gasteiger partial charge on any atom is 0.283 e. The SMILES string of the molecule is COc1cccc(C(=O)Nc2ccc(SC3=C(Nc4ccccc4)C(=O)N(c4ccc(C)c(C)c4)C3=O)cc2)c1. The number of hydrogen-bond donors (Lipinski definition) is 2. The summed E-state index contributed by atoms with van der Waals surface area (Å²) in [5.41, 5.74) is 4.58. The number of anilines is 3. The van der Waals surface area contributed by atoms with Gasteiger partial charge in [-0.25, -0.2) is 4.90 Å². The maximum absolute atomic E-state index is 13.7. The average Bonchev–Trinajstić information content (AvgIpc) is 3.20. The molecule has 0 aliphatic carbocycles. The first-order valence-corrected chi connectivity index (χ1v) is 13.4. The minimum absolute atomic E-state index is 0.217. The minimum atomic E-state index is -0.415. The van der Waals surface area contributed by atoms with Gasteiger partial charge in [-0.15, -0.1) is 0 Å². The van der Waals surface area contributed by atoms with Crippen molar-refractivity contribution in [2.24, 2.45) is 0 Å². The fraction of sp³-hybridized carbons (Fsp3) is 0.0938. The summed E-state index contributed by atoms with van der Waals surface area (Å²) in [4.78, 5) is 42.2. The van der Waals surface area contributed by atoms with Gasteiger partial charge in [0.25, 0.3) is 17.7 Å². The van der Waals surface area contributed by atoms with E-state index in [9.17, 15) is 14.4 Å². The number of nitrogens with zero attached hydrogens (tertiary/aromatic N) is 1. The molecule has 3 amide bonds. The van der Waals surface area contributed by atoms with Gasteiger partial charge in [0.2, 0.25) is 0 Å². The van der Waals surface area contributed by atoms with Crippen LogP contribution in [-0.2, 0) is 9.59 Å². The Morgan fingerprint density at radius 2 is 1.52 bits per heavy atom. The normalized spacial score (nSPS) is 13.0. The number of aryl methyl sites for hydroxylation is 2. The third-order valence-electron chi connectivity index (χ3n) is 6.50. The van der Waals surface area contributed by atoms with Crippen molar-refractivity contribution in [3.05, 3.63) is 124 Å². The Bertz CT molecular complexity index is 1630. The van der Waals surface area contributed by atoms with Crippen LogP contribution in [0.3, 0.4) is 0 Å². The van der Waals surface area contributed by atoms with Crippen LogP contribution in [0, 0.1) is 13.8 Å². The number of nitrogens with one attached hydrogen (secondary N) is 2. The molecule has 2 N–H and O–H groups in total. The molecule has 0 fully saturated rings. The number of rotatable bonds is 8. The van der Waals surface area contributed by atoms with Crippen molar-refractivity contribution in [2.45, 2.75) is 18.7 Å². The Labute approximate surface area is 236 Å². The summed E-state index contributed by atoms with van der Waals surface area (Å²) in [5.74, 6) is -0.482. The molecule has 0 atom stereocenters. The first-order valence-electron chi connectivity index (χ1n) is 12.6. The third-order valence-corrected chi connectivity index (χ3v) is 7.59. The van der Waals surface area contributed by atoms with Crippen LogP contribution in [-0.4, -0.2) is 24.8 Å². The standard InChI is InChI=1S/C32H27N3O4S/c1-20-12-15-25(18-21(20)2)35-31(37)28(33-23-9-5-4-6-10-23)29(32(35)38)40-27-16-13-24(14-17-27)34-30(36)22-8-7-11-26(19-22)39-3/h4-19,33H,1-3H3,(H,34,36). The lowest BCUT2D eigenvalue weighted by Crippen LogP contribution is -2.32. The molecular weight excluding hydrogens is 522 g/mol. The van der Waals surface area contributed by atoms with Crippen molar-refractivity contribution in [1.82, 2.24) is 0 Å². The second-order valence-electron chi connectivity index (χ2n) is 9.22. The molecule has 40 heavy (non-hydrogen) atoms. The van der Waals surface area contributed by atoms with Gasteiger partial charge >= 0.3 is 0 Å². The van der Waals surface area contributed by atoms with E-state index in [1.54, 1.807) is 61.7 Å². The van der Waals surface area contributed by atoms with Crippen molar-refractivity contribution in [3.8, 4) is 5.75 Å². The highest BCUT2D eigenvalue weighted by Crippen LogP contribution is 2.38. The molecule has 0 aromatic heterocycles. The number of carbonyl (C=O) groups is 3. The summed E-state index contributed by atoms with van der Waals surface area (Å²) >= 11 is 1.20. The zero-order valence-electron chi connectivity index (χ0n) is 22.2. The van der Waals surface area contributed by atoms with E-state index in [0.717, 1.165) is 16.0 Å². The molecule has 0 unspecified atom stereocenters. The van der Waals surface area contributed by atoms with E-state index in [2.05, 4.69) is 10.6 Å². The van der Waals surface area contributed by atoms with Gasteiger partial charge in [0.05, 0.1) is 12.8 Å². The number of benzene rings is 4. The average molecular weight is 550 g/mol. The van der Waals surface area contributed by atoms with Crippen molar-refractivity contribution in [1.29, 1.82) is 0 Å². The molecule has 1 heterocycles. The molecule has 200 valence electrons. The molecule has 5 rings (SSSR count). The Balaban J connectivity index is 1.40. The summed E-state index contributed by atoms with van der Waals surface area (Å²) < 4.78 is 5.20. The molecule has 0 saturated heterocycles. The Morgan fingerprint density at radius 3 is 2.23 bits per heavy atom. The molecule has 8 heteroatoms. The number of methoxy groups -OCH3 is 1. The quantitative estimate of drug-likeness (QED) is 0.242. The number of carbonyl (C=O) groups excluding carboxylic acids is 3. The maximum atomic E-state index is 13.7. The lowest BCUT2D eigenvalue weighted by molar-refractivity contribution is -0.120. The molecular formula is C32H27N3O4S. The van der Waals surface area contributed by atoms with Crippen molar-refractivity contribution < 1.29 is 19.1 Å². The summed E-state index contributed by atoms with van der Waals surface area (Å²) in [6.07, 6.45) is 0. The summed E-state index contributed by atoms with van der Waals surface area (Å²) in [5, 5.41) is 6.03. The minimum Gasteiger partial charge on any atom is -0.497 e. The monoisotopic (exact) mass is 549 g/mol. The van der Waals surface area contributed by atoms with Crippen LogP contribution in [0.1, 0.15) is 21.5 Å². The van der Waals surface area contributed by atoms with Crippen LogP contribution in [0.25, 0.3) is 0 Å². The molecule has 0 spiro atoms. The molecule has 4 aromatic carbocycles. The molecule has 1 aliphatic heterocycles. The largest absolute Gasteiger partial charge is 0.497 e. The van der Waals surface area contributed by atoms with Gasteiger partial charge in [-0.05, 0) is 91.7 Å². The van der Waals surface area contributed by atoms with E-state index in [-0.39, 0.29) is 11.6 Å². The first-order chi connectivity index (χ1) is 19.3. The molecule has 1 aliphatic rings. The van der Waals surface area contributed by atoms with E-state index in [1.165, 1.54) is 16.7 Å². The van der Waals surface area contributed by atoms with Crippen LogP contribution in [0.15, 0.2) is 113 Å². The van der Waals surface area contributed by atoms with Crippen LogP contribution >= 0.6 is 11.8 Å². The molecule has 0 radical (unpaired) electrons. The summed E-state index contributed by atoms with van der Waals surface area (Å²) in [6.45, 7) is 3.93. The fourth-order valence-corrected chi connectivity index (χ4v) is 5.10. The van der Waals surface area contributed by atoms with E-state index in [0.29, 0.717) is 33.3 Å². The van der Waals surface area contributed by atoms with Crippen molar-refractivity contribution in [2.75, 3.05) is 22.6 Å². The van der Waals surface area contributed by atoms with Crippen LogP contribution in [0.5, 0.6) is 5.75 Å². The van der Waals surface area contributed by atoms with Gasteiger partial charge in [0, 0.05) is 21.8 Å². The van der Waals surface area contributed by atoms with Gasteiger partial charge in [0.15, 0.2) is 0 Å². The van der Waals surface area contributed by atoms with Gasteiger partial charge in [-0.1, -0.05) is 42.1 Å². The number of ether oxygens (including phenoxy) is 1. The number of para-hydroxylation sites is 1. The highest BCUT2D eigenvalue weighted by atomic mass is 32.2. The molecule has 0 saturated carbocycles. The second-order valence-corrected chi connectivity index (χ2v) is 10.3. The lowest BCUT2D eigenvalue weighted by Gasteiger charge is -2.16. The van der Waals surface area contributed by atoms with E-state index < -0.39 is 11.8 Å². The number of thioether (sulfide) groups is 1. The van der Waals surface area contributed by atoms with Crippen LogP contribution in [0.4, 0.5) is 17.1 Å². The van der Waals surface area contributed by atoms with Gasteiger partial charge < -0.3 is 15.4 Å². The predicted octanol–water partition coefficient (Wildman–Crippen LogP) is 6.55. The van der Waals surface area contributed by atoms with Crippen molar-refractivity contribution >= 4 is 46.5 Å². The zero-order valence-corrected chi connectivity index (χ0v) is 23.0. The first kappa shape index (κ1) is 26.8. The number of amides is 3. The summed E-state index contributed by atoms with van der Waals surface area (Å²) in [7, 11) is 1.55. The lowest BCUT2D eigenvalue weighted by atomic mass is 10.1. The molecule has 7 nitrogen and oxygen atoms in total. The van der Waals surface area contributed by atoms with Crippen molar-refractivity contribution in [3.63, 3.8) is 0 Å². The third kappa shape index (κ3) is 5.62. The molecule has 4 aromatic rings. The second kappa shape index (κ2) is 11.5. The Kier molecular flexibility index (Phi) is 7.70. The van der Waals surface area contributed by atoms with Gasteiger partial charge in [0.1, 0.15) is 16.4 Å². The van der Waals surface area contributed by atoms with E-state index >= 15 is 0 Å². The highest BCUT2D eigenvalue weighted by molar-refractivity contribution is 8.04. The van der Waals surface area contributed by atoms with Crippen LogP contribution < -0.4 is 20.3 Å². The molecule has 0 bridgehead atoms. The van der Waals surface area contributed by atoms with E-state index in [4.69, 9.17) is 4.74 Å². The van der Waals surface area contributed by atoms with Gasteiger partial charge in [-0.3, -0.25) is 14.4 Å². The Hall–Kier alpha value is -4.82. The number of imide groups is 1. The smallest absolute Gasteiger partial charge is 0.283 e. The zero-order chi connectivity index (χ0) is 28.2. The highest BCUT2D eigenvalue weighted by Gasteiger charge is 2.40. The van der Waals surface area contributed by atoms with E-state index in [1.807, 2.05) is 56.3 Å². The summed E-state index contributed by atoms with van der Waals surface area (Å²) in [6, 6.07) is 28.8. The number of hydrogen-bond acceptors (Lipinski definition) is 6. The Morgan fingerprint density at radius 1 is 0.775 bits per heavy atom. The fourth-order valence-electron chi connectivity index (χ4n) is 4.17. The predicted molar refractivity (Wildman–Crippen MR) is 159 cm³/mol. The van der Waals surface area contributed by atoms with Gasteiger partial charge in [-0.2, -0.15) is 0 Å². The van der Waals surface area contributed by atoms with Crippen LogP contribution in [0.2, 0.25) is 0 Å². The topological polar surface area (TPSA) is 87.7 Å².